The molecular formula is C22H26N4O. The molecule has 0 spiro atoms. The van der Waals surface area contributed by atoms with Crippen LogP contribution in [-0.4, -0.2) is 27.9 Å². The summed E-state index contributed by atoms with van der Waals surface area (Å²) in [6.45, 7) is 4.50. The molecule has 0 saturated carbocycles. The van der Waals surface area contributed by atoms with Gasteiger partial charge in [0.2, 0.25) is 0 Å². The molecule has 0 fully saturated rings. The number of aryl methyl sites for hydroxylation is 1. The normalized spacial score (nSPS) is 16.7. The van der Waals surface area contributed by atoms with Crippen molar-refractivity contribution in [1.82, 2.24) is 14.9 Å². The van der Waals surface area contributed by atoms with E-state index >= 15 is 0 Å². The number of benzene rings is 2. The first kappa shape index (κ1) is 17.6. The highest BCUT2D eigenvalue weighted by molar-refractivity contribution is 5.92. The number of aromatic amines is 1. The summed E-state index contributed by atoms with van der Waals surface area (Å²) >= 11 is 0. The van der Waals surface area contributed by atoms with Crippen molar-refractivity contribution < 1.29 is 4.79 Å². The summed E-state index contributed by atoms with van der Waals surface area (Å²) in [6, 6.07) is 14.2. The van der Waals surface area contributed by atoms with E-state index in [2.05, 4.69) is 48.4 Å². The van der Waals surface area contributed by atoms with Crippen LogP contribution in [0.15, 0.2) is 42.5 Å². The molecule has 2 heterocycles. The SMILES string of the molecule is CC(C)CCc1cccc2[nH]c(CC3c4ccccc4NC(=O)N3C)nc12. The number of anilines is 1. The van der Waals surface area contributed by atoms with Gasteiger partial charge in [-0.15, -0.1) is 0 Å². The molecule has 2 amide bonds. The van der Waals surface area contributed by atoms with Gasteiger partial charge in [-0.1, -0.05) is 44.2 Å². The Morgan fingerprint density at radius 1 is 1.15 bits per heavy atom. The molecular weight excluding hydrogens is 336 g/mol. The van der Waals surface area contributed by atoms with E-state index in [0.29, 0.717) is 12.3 Å². The van der Waals surface area contributed by atoms with Crippen molar-refractivity contribution in [2.75, 3.05) is 12.4 Å². The molecule has 2 N–H and O–H groups in total. The number of rotatable bonds is 5. The summed E-state index contributed by atoms with van der Waals surface area (Å²) in [5.41, 5.74) is 5.44. The topological polar surface area (TPSA) is 61.0 Å². The van der Waals surface area contributed by atoms with Gasteiger partial charge in [0.05, 0.1) is 17.1 Å². The van der Waals surface area contributed by atoms with E-state index in [1.165, 1.54) is 5.56 Å². The van der Waals surface area contributed by atoms with Gasteiger partial charge < -0.3 is 15.2 Å². The predicted molar refractivity (Wildman–Crippen MR) is 109 cm³/mol. The molecule has 140 valence electrons. The number of para-hydroxylation sites is 2. The van der Waals surface area contributed by atoms with E-state index < -0.39 is 0 Å². The van der Waals surface area contributed by atoms with Gasteiger partial charge in [-0.3, -0.25) is 0 Å². The number of carbonyl (C=O) groups excluding carboxylic acids is 1. The average Bonchev–Trinajstić information content (AvgIpc) is 3.07. The fourth-order valence-corrected chi connectivity index (χ4v) is 3.77. The molecule has 1 atom stereocenters. The van der Waals surface area contributed by atoms with Crippen molar-refractivity contribution in [1.29, 1.82) is 0 Å². The second-order valence-electron chi connectivity index (χ2n) is 7.78. The number of fused-ring (bicyclic) bond motifs is 2. The maximum absolute atomic E-state index is 12.3. The highest BCUT2D eigenvalue weighted by Gasteiger charge is 2.30. The Morgan fingerprint density at radius 2 is 1.96 bits per heavy atom. The Labute approximate surface area is 159 Å². The molecule has 5 heteroatoms. The van der Waals surface area contributed by atoms with Crippen molar-refractivity contribution in [3.05, 3.63) is 59.4 Å². The van der Waals surface area contributed by atoms with Crippen LogP contribution >= 0.6 is 0 Å². The van der Waals surface area contributed by atoms with Crippen LogP contribution in [0.1, 0.15) is 43.3 Å². The molecule has 27 heavy (non-hydrogen) atoms. The number of amides is 2. The first-order chi connectivity index (χ1) is 13.0. The number of likely N-dealkylation sites (N-methyl/N-ethyl adjacent to an activating group) is 1. The number of nitrogens with one attached hydrogen (secondary N) is 2. The third-order valence-corrected chi connectivity index (χ3v) is 5.37. The molecule has 4 rings (SSSR count). The molecule has 0 bridgehead atoms. The Bertz CT molecular complexity index is 975. The lowest BCUT2D eigenvalue weighted by molar-refractivity contribution is 0.200. The minimum absolute atomic E-state index is 0.0328. The second-order valence-corrected chi connectivity index (χ2v) is 7.78. The fourth-order valence-electron chi connectivity index (χ4n) is 3.77. The van der Waals surface area contributed by atoms with Gasteiger partial charge in [0.15, 0.2) is 0 Å². The van der Waals surface area contributed by atoms with Crippen LogP contribution in [0, 0.1) is 5.92 Å². The van der Waals surface area contributed by atoms with Crippen molar-refractivity contribution in [2.24, 2.45) is 5.92 Å². The van der Waals surface area contributed by atoms with E-state index in [4.69, 9.17) is 4.98 Å². The van der Waals surface area contributed by atoms with Crippen molar-refractivity contribution in [2.45, 2.75) is 39.2 Å². The van der Waals surface area contributed by atoms with Crippen LogP contribution in [0.25, 0.3) is 11.0 Å². The first-order valence-electron chi connectivity index (χ1n) is 9.62. The second kappa shape index (κ2) is 7.06. The number of nitrogens with zero attached hydrogens (tertiary/aromatic N) is 2. The fraction of sp³-hybridized carbons (Fsp3) is 0.364. The maximum atomic E-state index is 12.3. The van der Waals surface area contributed by atoms with Crippen LogP contribution in [0.5, 0.6) is 0 Å². The largest absolute Gasteiger partial charge is 0.342 e. The molecule has 0 saturated heterocycles. The third kappa shape index (κ3) is 3.42. The Kier molecular flexibility index (Phi) is 4.60. The quantitative estimate of drug-likeness (QED) is 0.677. The summed E-state index contributed by atoms with van der Waals surface area (Å²) in [6.07, 6.45) is 2.85. The van der Waals surface area contributed by atoms with Gasteiger partial charge >= 0.3 is 6.03 Å². The van der Waals surface area contributed by atoms with E-state index in [1.807, 2.05) is 25.2 Å². The molecule has 5 nitrogen and oxygen atoms in total. The Balaban J connectivity index is 1.65. The molecule has 1 aliphatic heterocycles. The van der Waals surface area contributed by atoms with Crippen molar-refractivity contribution in [3.8, 4) is 0 Å². The molecule has 3 aromatic rings. The molecule has 2 aromatic carbocycles. The number of imidazole rings is 1. The van der Waals surface area contributed by atoms with Crippen LogP contribution in [0.4, 0.5) is 10.5 Å². The van der Waals surface area contributed by atoms with Gasteiger partial charge in [0, 0.05) is 19.2 Å². The van der Waals surface area contributed by atoms with Crippen molar-refractivity contribution >= 4 is 22.8 Å². The minimum Gasteiger partial charge on any atom is -0.342 e. The lowest BCUT2D eigenvalue weighted by Crippen LogP contribution is -2.40. The van der Waals surface area contributed by atoms with Gasteiger partial charge in [-0.25, -0.2) is 9.78 Å². The minimum atomic E-state index is -0.0765. The molecule has 1 aromatic heterocycles. The zero-order chi connectivity index (χ0) is 19.0. The molecule has 1 unspecified atom stereocenters. The molecule has 1 aliphatic rings. The first-order valence-corrected chi connectivity index (χ1v) is 9.62. The lowest BCUT2D eigenvalue weighted by atomic mass is 9.98. The number of H-pyrrole nitrogens is 1. The lowest BCUT2D eigenvalue weighted by Gasteiger charge is -2.34. The smallest absolute Gasteiger partial charge is 0.322 e. The average molecular weight is 362 g/mol. The van der Waals surface area contributed by atoms with E-state index in [9.17, 15) is 4.79 Å². The zero-order valence-electron chi connectivity index (χ0n) is 16.1. The molecule has 0 radical (unpaired) electrons. The zero-order valence-corrected chi connectivity index (χ0v) is 16.1. The highest BCUT2D eigenvalue weighted by atomic mass is 16.2. The van der Waals surface area contributed by atoms with Gasteiger partial charge in [0.1, 0.15) is 5.82 Å². The summed E-state index contributed by atoms with van der Waals surface area (Å²) in [4.78, 5) is 22.4. The summed E-state index contributed by atoms with van der Waals surface area (Å²) in [5.74, 6) is 1.59. The monoisotopic (exact) mass is 362 g/mol. The van der Waals surface area contributed by atoms with Gasteiger partial charge in [-0.05, 0) is 42.0 Å². The predicted octanol–water partition coefficient (Wildman–Crippen LogP) is 4.91. The molecule has 0 aliphatic carbocycles. The Morgan fingerprint density at radius 3 is 2.78 bits per heavy atom. The van der Waals surface area contributed by atoms with E-state index in [1.54, 1.807) is 4.90 Å². The summed E-state index contributed by atoms with van der Waals surface area (Å²) in [5, 5.41) is 2.94. The number of hydrogen-bond donors (Lipinski definition) is 2. The van der Waals surface area contributed by atoms with Crippen molar-refractivity contribution in [3.63, 3.8) is 0 Å². The van der Waals surface area contributed by atoms with Crippen LogP contribution in [0.2, 0.25) is 0 Å². The summed E-state index contributed by atoms with van der Waals surface area (Å²) in [7, 11) is 1.84. The number of carbonyl (C=O) groups is 1. The van der Waals surface area contributed by atoms with Gasteiger partial charge in [-0.2, -0.15) is 0 Å². The third-order valence-electron chi connectivity index (χ3n) is 5.37. The highest BCUT2D eigenvalue weighted by Crippen LogP contribution is 2.34. The Hall–Kier alpha value is -2.82. The van der Waals surface area contributed by atoms with Crippen LogP contribution < -0.4 is 5.32 Å². The number of aromatic nitrogens is 2. The number of hydrogen-bond acceptors (Lipinski definition) is 2. The van der Waals surface area contributed by atoms with E-state index in [-0.39, 0.29) is 12.1 Å². The maximum Gasteiger partial charge on any atom is 0.322 e. The van der Waals surface area contributed by atoms with E-state index in [0.717, 1.165) is 41.0 Å². The van der Waals surface area contributed by atoms with Gasteiger partial charge in [0.25, 0.3) is 0 Å². The van der Waals surface area contributed by atoms with Crippen LogP contribution in [-0.2, 0) is 12.8 Å². The summed E-state index contributed by atoms with van der Waals surface area (Å²) < 4.78 is 0. The van der Waals surface area contributed by atoms with Crippen LogP contribution in [0.3, 0.4) is 0 Å². The standard InChI is InChI=1S/C22H26N4O/c1-14(2)11-12-15-7-6-10-18-21(15)25-20(23-18)13-19-16-8-4-5-9-17(16)24-22(27)26(19)3/h4-10,14,19H,11-13H2,1-3H3,(H,23,25)(H,24,27). The number of urea groups is 1.